The van der Waals surface area contributed by atoms with Crippen molar-refractivity contribution in [3.05, 3.63) is 28.2 Å². The van der Waals surface area contributed by atoms with Gasteiger partial charge in [0.05, 0.1) is 0 Å². The minimum atomic E-state index is 0.568. The fraction of sp³-hybridized carbons (Fsp3) is 0.538. The zero-order chi connectivity index (χ0) is 11.5. The van der Waals surface area contributed by atoms with Gasteiger partial charge >= 0.3 is 0 Å². The first-order valence-electron chi connectivity index (χ1n) is 5.87. The highest BCUT2D eigenvalue weighted by atomic mass is 79.9. The molecular weight excluding hydrogens is 286 g/mol. The standard InChI is InChI=1S/C13H17BrClN/c1-2-11-4-3-7-16(11)12-6-5-10(9-15)13(14)8-12/h5-6,8,11H,2-4,7,9H2,1H3. The van der Waals surface area contributed by atoms with Gasteiger partial charge < -0.3 is 4.90 Å². The molecule has 88 valence electrons. The lowest BCUT2D eigenvalue weighted by Crippen LogP contribution is -2.28. The average molecular weight is 303 g/mol. The Morgan fingerprint density at radius 3 is 2.94 bits per heavy atom. The second-order valence-electron chi connectivity index (χ2n) is 4.31. The number of alkyl halides is 1. The minimum absolute atomic E-state index is 0.568. The molecule has 1 nitrogen and oxygen atoms in total. The molecule has 16 heavy (non-hydrogen) atoms. The third-order valence-corrected chi connectivity index (χ3v) is 4.39. The molecule has 0 radical (unpaired) electrons. The van der Waals surface area contributed by atoms with E-state index in [2.05, 4.69) is 46.0 Å². The van der Waals surface area contributed by atoms with Crippen LogP contribution in [0.5, 0.6) is 0 Å². The predicted molar refractivity (Wildman–Crippen MR) is 74.4 cm³/mol. The van der Waals surface area contributed by atoms with E-state index in [1.54, 1.807) is 0 Å². The molecule has 1 aromatic rings. The highest BCUT2D eigenvalue weighted by molar-refractivity contribution is 9.10. The zero-order valence-corrected chi connectivity index (χ0v) is 11.9. The van der Waals surface area contributed by atoms with Crippen molar-refractivity contribution in [2.45, 2.75) is 38.1 Å². The molecule has 1 saturated heterocycles. The molecule has 0 N–H and O–H groups in total. The van der Waals surface area contributed by atoms with Crippen molar-refractivity contribution in [2.24, 2.45) is 0 Å². The van der Waals surface area contributed by atoms with Crippen LogP contribution in [0.2, 0.25) is 0 Å². The van der Waals surface area contributed by atoms with Crippen LogP contribution in [-0.2, 0) is 5.88 Å². The molecule has 1 aliphatic rings. The van der Waals surface area contributed by atoms with E-state index < -0.39 is 0 Å². The Morgan fingerprint density at radius 2 is 2.31 bits per heavy atom. The van der Waals surface area contributed by atoms with E-state index >= 15 is 0 Å². The van der Waals surface area contributed by atoms with E-state index in [1.807, 2.05) is 0 Å². The number of hydrogen-bond donors (Lipinski definition) is 0. The van der Waals surface area contributed by atoms with Crippen molar-refractivity contribution in [2.75, 3.05) is 11.4 Å². The molecule has 0 aliphatic carbocycles. The third kappa shape index (κ3) is 2.38. The maximum Gasteiger partial charge on any atom is 0.0485 e. The summed E-state index contributed by atoms with van der Waals surface area (Å²) in [5.41, 5.74) is 2.49. The maximum absolute atomic E-state index is 5.86. The Morgan fingerprint density at radius 1 is 1.50 bits per heavy atom. The van der Waals surface area contributed by atoms with Gasteiger partial charge in [-0.25, -0.2) is 0 Å². The van der Waals surface area contributed by atoms with Gasteiger partial charge in [0.15, 0.2) is 0 Å². The molecule has 0 saturated carbocycles. The third-order valence-electron chi connectivity index (χ3n) is 3.36. The Kier molecular flexibility index (Phi) is 4.15. The molecular formula is C13H17BrClN. The molecule has 0 spiro atoms. The van der Waals surface area contributed by atoms with Crippen molar-refractivity contribution in [3.8, 4) is 0 Å². The summed E-state index contributed by atoms with van der Waals surface area (Å²) in [7, 11) is 0. The number of halogens is 2. The quantitative estimate of drug-likeness (QED) is 0.740. The molecule has 2 rings (SSSR count). The van der Waals surface area contributed by atoms with E-state index in [1.165, 1.54) is 31.5 Å². The lowest BCUT2D eigenvalue weighted by Gasteiger charge is -2.26. The minimum Gasteiger partial charge on any atom is -0.369 e. The van der Waals surface area contributed by atoms with Gasteiger partial charge in [0.1, 0.15) is 0 Å². The zero-order valence-electron chi connectivity index (χ0n) is 9.55. The number of rotatable bonds is 3. The van der Waals surface area contributed by atoms with E-state index in [4.69, 9.17) is 11.6 Å². The highest BCUT2D eigenvalue weighted by Gasteiger charge is 2.23. The van der Waals surface area contributed by atoms with Gasteiger partial charge in [-0.05, 0) is 37.0 Å². The topological polar surface area (TPSA) is 3.24 Å². The smallest absolute Gasteiger partial charge is 0.0485 e. The molecule has 0 bridgehead atoms. The van der Waals surface area contributed by atoms with Gasteiger partial charge in [0.2, 0.25) is 0 Å². The normalized spacial score (nSPS) is 20.4. The van der Waals surface area contributed by atoms with Crippen LogP contribution in [0.3, 0.4) is 0 Å². The summed E-state index contributed by atoms with van der Waals surface area (Å²) in [6, 6.07) is 7.23. The Labute approximate surface area is 111 Å². The largest absolute Gasteiger partial charge is 0.369 e. The van der Waals surface area contributed by atoms with Crippen LogP contribution < -0.4 is 4.90 Å². The van der Waals surface area contributed by atoms with Crippen molar-refractivity contribution >= 4 is 33.2 Å². The monoisotopic (exact) mass is 301 g/mol. The van der Waals surface area contributed by atoms with Crippen molar-refractivity contribution in [1.82, 2.24) is 0 Å². The summed E-state index contributed by atoms with van der Waals surface area (Å²) < 4.78 is 1.13. The van der Waals surface area contributed by atoms with E-state index in [0.29, 0.717) is 11.9 Å². The van der Waals surface area contributed by atoms with Gasteiger partial charge in [-0.1, -0.05) is 28.9 Å². The Balaban J connectivity index is 2.23. The molecule has 1 aliphatic heterocycles. The molecule has 1 atom stereocenters. The first-order chi connectivity index (χ1) is 7.76. The van der Waals surface area contributed by atoms with E-state index in [0.717, 1.165) is 10.0 Å². The van der Waals surface area contributed by atoms with E-state index in [9.17, 15) is 0 Å². The lowest BCUT2D eigenvalue weighted by molar-refractivity contribution is 0.645. The number of anilines is 1. The van der Waals surface area contributed by atoms with Gasteiger partial charge in [-0.2, -0.15) is 0 Å². The van der Waals surface area contributed by atoms with Crippen molar-refractivity contribution in [1.29, 1.82) is 0 Å². The molecule has 3 heteroatoms. The SMILES string of the molecule is CCC1CCCN1c1ccc(CCl)c(Br)c1. The Hall–Kier alpha value is -0.210. The number of nitrogens with zero attached hydrogens (tertiary/aromatic N) is 1. The first-order valence-corrected chi connectivity index (χ1v) is 7.20. The van der Waals surface area contributed by atoms with Crippen LogP contribution in [0.4, 0.5) is 5.69 Å². The van der Waals surface area contributed by atoms with Crippen LogP contribution in [-0.4, -0.2) is 12.6 Å². The van der Waals surface area contributed by atoms with Crippen molar-refractivity contribution in [3.63, 3.8) is 0 Å². The van der Waals surface area contributed by atoms with Crippen molar-refractivity contribution < 1.29 is 0 Å². The second-order valence-corrected chi connectivity index (χ2v) is 5.43. The van der Waals surface area contributed by atoms with E-state index in [-0.39, 0.29) is 0 Å². The summed E-state index contributed by atoms with van der Waals surface area (Å²) in [4.78, 5) is 2.52. The lowest BCUT2D eigenvalue weighted by atomic mass is 10.1. The summed E-state index contributed by atoms with van der Waals surface area (Å²) >= 11 is 9.44. The molecule has 0 amide bonds. The predicted octanol–water partition coefficient (Wildman–Crippen LogP) is 4.57. The van der Waals surface area contributed by atoms with Gasteiger partial charge in [0, 0.05) is 28.6 Å². The number of hydrogen-bond acceptors (Lipinski definition) is 1. The highest BCUT2D eigenvalue weighted by Crippen LogP contribution is 2.31. The average Bonchev–Trinajstić information content (AvgIpc) is 2.77. The van der Waals surface area contributed by atoms with Crippen LogP contribution in [0, 0.1) is 0 Å². The molecule has 1 aromatic carbocycles. The number of benzene rings is 1. The van der Waals surface area contributed by atoms with Gasteiger partial charge in [0.25, 0.3) is 0 Å². The molecule has 1 unspecified atom stereocenters. The molecule has 1 fully saturated rings. The Bertz CT molecular complexity index is 367. The van der Waals surface area contributed by atoms with Crippen LogP contribution in [0.25, 0.3) is 0 Å². The molecule has 0 aromatic heterocycles. The first kappa shape index (κ1) is 12.3. The van der Waals surface area contributed by atoms with Crippen LogP contribution in [0.15, 0.2) is 22.7 Å². The molecule has 1 heterocycles. The summed E-state index contributed by atoms with van der Waals surface area (Å²) in [5, 5.41) is 0. The van der Waals surface area contributed by atoms with Gasteiger partial charge in [-0.15, -0.1) is 11.6 Å². The fourth-order valence-electron chi connectivity index (χ4n) is 2.42. The summed E-state index contributed by atoms with van der Waals surface area (Å²) in [6.45, 7) is 3.45. The maximum atomic E-state index is 5.86. The summed E-state index contributed by atoms with van der Waals surface area (Å²) in [5.74, 6) is 0.568. The fourth-order valence-corrected chi connectivity index (χ4v) is 3.32. The second kappa shape index (κ2) is 5.42. The van der Waals surface area contributed by atoms with Crippen LogP contribution in [0.1, 0.15) is 31.7 Å². The van der Waals surface area contributed by atoms with Crippen LogP contribution >= 0.6 is 27.5 Å². The summed E-state index contributed by atoms with van der Waals surface area (Å²) in [6.07, 6.45) is 3.87. The van der Waals surface area contributed by atoms with Gasteiger partial charge in [-0.3, -0.25) is 0 Å².